The normalized spacial score (nSPS) is 10.7. The van der Waals surface area contributed by atoms with Gasteiger partial charge in [0.25, 0.3) is 5.91 Å². The number of nitrogen functional groups attached to an aromatic ring is 1. The monoisotopic (exact) mass is 314 g/mol. The summed E-state index contributed by atoms with van der Waals surface area (Å²) in [7, 11) is 0. The first-order chi connectivity index (χ1) is 8.47. The SMILES string of the molecule is CC(C)N(CCCO)C(=O)c1ccc(Br)cc1N. The van der Waals surface area contributed by atoms with Crippen molar-refractivity contribution >= 4 is 27.5 Å². The molecule has 0 radical (unpaired) electrons. The second kappa shape index (κ2) is 6.75. The molecule has 1 amide bonds. The number of nitrogens with two attached hydrogens (primary N) is 1. The van der Waals surface area contributed by atoms with Gasteiger partial charge in [-0.3, -0.25) is 4.79 Å². The fourth-order valence-corrected chi connectivity index (χ4v) is 2.10. The fraction of sp³-hybridized carbons (Fsp3) is 0.462. The highest BCUT2D eigenvalue weighted by molar-refractivity contribution is 9.10. The maximum Gasteiger partial charge on any atom is 0.256 e. The van der Waals surface area contributed by atoms with E-state index in [0.717, 1.165) is 4.47 Å². The van der Waals surface area contributed by atoms with Crippen molar-refractivity contribution in [2.75, 3.05) is 18.9 Å². The summed E-state index contributed by atoms with van der Waals surface area (Å²) in [6.45, 7) is 4.50. The molecule has 0 aliphatic heterocycles. The summed E-state index contributed by atoms with van der Waals surface area (Å²) in [6, 6.07) is 5.31. The van der Waals surface area contributed by atoms with E-state index >= 15 is 0 Å². The molecule has 100 valence electrons. The summed E-state index contributed by atoms with van der Waals surface area (Å²) in [5.74, 6) is -0.0940. The van der Waals surface area contributed by atoms with Crippen LogP contribution in [0.1, 0.15) is 30.6 Å². The van der Waals surface area contributed by atoms with Gasteiger partial charge in [0.05, 0.1) is 5.56 Å². The van der Waals surface area contributed by atoms with Crippen LogP contribution in [0.4, 0.5) is 5.69 Å². The Kier molecular flexibility index (Phi) is 5.62. The van der Waals surface area contributed by atoms with Crippen molar-refractivity contribution in [1.82, 2.24) is 4.90 Å². The van der Waals surface area contributed by atoms with Gasteiger partial charge in [-0.05, 0) is 38.5 Å². The molecule has 0 aromatic heterocycles. The molecular formula is C13H19BrN2O2. The van der Waals surface area contributed by atoms with Gasteiger partial charge in [-0.1, -0.05) is 15.9 Å². The van der Waals surface area contributed by atoms with Crippen LogP contribution in [0.3, 0.4) is 0 Å². The maximum absolute atomic E-state index is 12.4. The van der Waals surface area contributed by atoms with Crippen LogP contribution in [-0.2, 0) is 0 Å². The predicted octanol–water partition coefficient (Wildman–Crippen LogP) is 2.26. The lowest BCUT2D eigenvalue weighted by molar-refractivity contribution is 0.0694. The average molecular weight is 315 g/mol. The van der Waals surface area contributed by atoms with Crippen LogP contribution >= 0.6 is 15.9 Å². The lowest BCUT2D eigenvalue weighted by Gasteiger charge is -2.27. The standard InChI is InChI=1S/C13H19BrN2O2/c1-9(2)16(6-3-7-17)13(18)11-5-4-10(14)8-12(11)15/h4-5,8-9,17H,3,6-7,15H2,1-2H3. The fourth-order valence-electron chi connectivity index (χ4n) is 1.72. The summed E-state index contributed by atoms with van der Waals surface area (Å²) in [5.41, 5.74) is 6.83. The Bertz CT molecular complexity index is 421. The van der Waals surface area contributed by atoms with Gasteiger partial charge < -0.3 is 15.7 Å². The smallest absolute Gasteiger partial charge is 0.256 e. The number of anilines is 1. The quantitative estimate of drug-likeness (QED) is 0.819. The lowest BCUT2D eigenvalue weighted by Crippen LogP contribution is -2.38. The molecular weight excluding hydrogens is 296 g/mol. The third-order valence-corrected chi connectivity index (χ3v) is 3.18. The molecule has 0 aliphatic rings. The van der Waals surface area contributed by atoms with Crippen LogP contribution in [0.25, 0.3) is 0 Å². The minimum absolute atomic E-state index is 0.0757. The number of nitrogens with zero attached hydrogens (tertiary/aromatic N) is 1. The summed E-state index contributed by atoms with van der Waals surface area (Å²) in [4.78, 5) is 14.1. The van der Waals surface area contributed by atoms with E-state index in [1.807, 2.05) is 13.8 Å². The zero-order valence-corrected chi connectivity index (χ0v) is 12.3. The van der Waals surface area contributed by atoms with Crippen LogP contribution in [0.5, 0.6) is 0 Å². The highest BCUT2D eigenvalue weighted by Crippen LogP contribution is 2.21. The molecule has 1 rings (SSSR count). The summed E-state index contributed by atoms with van der Waals surface area (Å²) in [5, 5.41) is 8.87. The Morgan fingerprint density at radius 1 is 1.50 bits per heavy atom. The van der Waals surface area contributed by atoms with Gasteiger partial charge in [-0.25, -0.2) is 0 Å². The third kappa shape index (κ3) is 3.71. The minimum Gasteiger partial charge on any atom is -0.398 e. The molecule has 0 saturated heterocycles. The molecule has 0 heterocycles. The number of amides is 1. The van der Waals surface area contributed by atoms with E-state index in [1.54, 1.807) is 23.1 Å². The van der Waals surface area contributed by atoms with Crippen molar-refractivity contribution in [3.8, 4) is 0 Å². The van der Waals surface area contributed by atoms with Crippen molar-refractivity contribution in [2.24, 2.45) is 0 Å². The van der Waals surface area contributed by atoms with Crippen LogP contribution in [-0.4, -0.2) is 35.1 Å². The molecule has 0 aliphatic carbocycles. The molecule has 5 heteroatoms. The van der Waals surface area contributed by atoms with Crippen LogP contribution in [0.15, 0.2) is 22.7 Å². The van der Waals surface area contributed by atoms with Gasteiger partial charge in [0.15, 0.2) is 0 Å². The maximum atomic E-state index is 12.4. The van der Waals surface area contributed by atoms with Gasteiger partial charge in [-0.2, -0.15) is 0 Å². The van der Waals surface area contributed by atoms with Crippen molar-refractivity contribution in [2.45, 2.75) is 26.3 Å². The molecule has 0 unspecified atom stereocenters. The Hall–Kier alpha value is -1.07. The second-order valence-electron chi connectivity index (χ2n) is 4.40. The third-order valence-electron chi connectivity index (χ3n) is 2.69. The molecule has 1 aromatic rings. The first kappa shape index (κ1) is 15.0. The number of aliphatic hydroxyl groups excluding tert-OH is 1. The number of carbonyl (C=O) groups is 1. The first-order valence-corrected chi connectivity index (χ1v) is 6.73. The highest BCUT2D eigenvalue weighted by Gasteiger charge is 2.20. The van der Waals surface area contributed by atoms with Crippen molar-refractivity contribution < 1.29 is 9.90 Å². The van der Waals surface area contributed by atoms with Gasteiger partial charge in [0.1, 0.15) is 0 Å². The predicted molar refractivity (Wildman–Crippen MR) is 76.4 cm³/mol. The summed E-state index contributed by atoms with van der Waals surface area (Å²) >= 11 is 3.32. The Morgan fingerprint density at radius 3 is 2.67 bits per heavy atom. The number of hydrogen-bond acceptors (Lipinski definition) is 3. The van der Waals surface area contributed by atoms with E-state index in [1.165, 1.54) is 0 Å². The summed E-state index contributed by atoms with van der Waals surface area (Å²) in [6.07, 6.45) is 0.570. The molecule has 0 atom stereocenters. The van der Waals surface area contributed by atoms with Gasteiger partial charge >= 0.3 is 0 Å². The van der Waals surface area contributed by atoms with Crippen molar-refractivity contribution in [3.05, 3.63) is 28.2 Å². The van der Waals surface area contributed by atoms with Crippen LogP contribution in [0, 0.1) is 0 Å². The van der Waals surface area contributed by atoms with E-state index in [2.05, 4.69) is 15.9 Å². The Morgan fingerprint density at radius 2 is 2.17 bits per heavy atom. The van der Waals surface area contributed by atoms with E-state index in [9.17, 15) is 4.79 Å². The Labute approximate surface area is 116 Å². The number of rotatable bonds is 5. The lowest BCUT2D eigenvalue weighted by atomic mass is 10.1. The highest BCUT2D eigenvalue weighted by atomic mass is 79.9. The topological polar surface area (TPSA) is 66.6 Å². The molecule has 18 heavy (non-hydrogen) atoms. The molecule has 1 aromatic carbocycles. The van der Waals surface area contributed by atoms with E-state index in [0.29, 0.717) is 24.2 Å². The number of aliphatic hydroxyl groups is 1. The second-order valence-corrected chi connectivity index (χ2v) is 5.32. The van der Waals surface area contributed by atoms with E-state index in [-0.39, 0.29) is 18.6 Å². The molecule has 0 saturated carbocycles. The molecule has 0 fully saturated rings. The molecule has 4 nitrogen and oxygen atoms in total. The molecule has 0 spiro atoms. The van der Waals surface area contributed by atoms with Gasteiger partial charge in [0, 0.05) is 29.4 Å². The van der Waals surface area contributed by atoms with Crippen molar-refractivity contribution in [3.63, 3.8) is 0 Å². The Balaban J connectivity index is 2.94. The van der Waals surface area contributed by atoms with Crippen LogP contribution < -0.4 is 5.73 Å². The van der Waals surface area contributed by atoms with E-state index < -0.39 is 0 Å². The minimum atomic E-state index is -0.0940. The average Bonchev–Trinajstić information content (AvgIpc) is 2.28. The van der Waals surface area contributed by atoms with Crippen LogP contribution in [0.2, 0.25) is 0 Å². The molecule has 0 bridgehead atoms. The first-order valence-electron chi connectivity index (χ1n) is 5.94. The zero-order chi connectivity index (χ0) is 13.7. The summed E-state index contributed by atoms with van der Waals surface area (Å²) < 4.78 is 0.850. The van der Waals surface area contributed by atoms with Gasteiger partial charge in [-0.15, -0.1) is 0 Å². The largest absolute Gasteiger partial charge is 0.398 e. The zero-order valence-electron chi connectivity index (χ0n) is 10.7. The number of halogens is 1. The van der Waals surface area contributed by atoms with Crippen molar-refractivity contribution in [1.29, 1.82) is 0 Å². The number of carbonyl (C=O) groups excluding carboxylic acids is 1. The molecule has 3 N–H and O–H groups in total. The van der Waals surface area contributed by atoms with E-state index in [4.69, 9.17) is 10.8 Å². The number of benzene rings is 1. The van der Waals surface area contributed by atoms with Gasteiger partial charge in [0.2, 0.25) is 0 Å². The number of hydrogen-bond donors (Lipinski definition) is 2.